The van der Waals surface area contributed by atoms with E-state index in [-0.39, 0.29) is 0 Å². The molecule has 2 N–H and O–H groups in total. The predicted octanol–water partition coefficient (Wildman–Crippen LogP) is 2.09. The van der Waals surface area contributed by atoms with Gasteiger partial charge in [-0.2, -0.15) is 0 Å². The lowest BCUT2D eigenvalue weighted by Gasteiger charge is -2.15. The van der Waals surface area contributed by atoms with Crippen LogP contribution in [0.5, 0.6) is 0 Å². The molecule has 6 nitrogen and oxygen atoms in total. The molecular weight excluding hydrogens is 332 g/mol. The second-order valence-electron chi connectivity index (χ2n) is 5.85. The molecule has 110 valence electrons. The predicted molar refractivity (Wildman–Crippen MR) is 83.6 cm³/mol. The van der Waals surface area contributed by atoms with Crippen molar-refractivity contribution in [2.45, 2.75) is 31.3 Å². The number of hydrogen-bond donors (Lipinski definition) is 1. The minimum absolute atomic E-state index is 0.362. The SMILES string of the molecule is Nc1cc(-c2nnnn2C2CCN(C3CC3)C2)ccc1Br. The lowest BCUT2D eigenvalue weighted by atomic mass is 10.1. The maximum Gasteiger partial charge on any atom is 0.182 e. The summed E-state index contributed by atoms with van der Waals surface area (Å²) in [5.41, 5.74) is 7.63. The molecule has 4 rings (SSSR count). The van der Waals surface area contributed by atoms with Crippen LogP contribution in [0.4, 0.5) is 5.69 Å². The number of nitrogens with zero attached hydrogens (tertiary/aromatic N) is 5. The summed E-state index contributed by atoms with van der Waals surface area (Å²) >= 11 is 3.42. The molecule has 1 saturated carbocycles. The zero-order valence-electron chi connectivity index (χ0n) is 11.6. The Kier molecular flexibility index (Phi) is 3.19. The van der Waals surface area contributed by atoms with E-state index in [1.54, 1.807) is 0 Å². The molecule has 1 aliphatic heterocycles. The molecule has 1 aliphatic carbocycles. The van der Waals surface area contributed by atoms with E-state index in [2.05, 4.69) is 36.4 Å². The molecule has 1 aromatic carbocycles. The van der Waals surface area contributed by atoms with Crippen molar-refractivity contribution < 1.29 is 0 Å². The van der Waals surface area contributed by atoms with Crippen molar-refractivity contribution in [2.24, 2.45) is 0 Å². The molecule has 2 aliphatic rings. The van der Waals surface area contributed by atoms with Crippen molar-refractivity contribution in [1.82, 2.24) is 25.1 Å². The minimum Gasteiger partial charge on any atom is -0.398 e. The van der Waals surface area contributed by atoms with E-state index >= 15 is 0 Å². The largest absolute Gasteiger partial charge is 0.398 e. The molecule has 21 heavy (non-hydrogen) atoms. The van der Waals surface area contributed by atoms with Crippen LogP contribution >= 0.6 is 15.9 Å². The van der Waals surface area contributed by atoms with Gasteiger partial charge in [-0.15, -0.1) is 5.10 Å². The Morgan fingerprint density at radius 1 is 1.19 bits per heavy atom. The number of likely N-dealkylation sites (tertiary alicyclic amines) is 1. The van der Waals surface area contributed by atoms with Gasteiger partial charge in [-0.25, -0.2) is 4.68 Å². The molecule has 0 amide bonds. The summed E-state index contributed by atoms with van der Waals surface area (Å²) < 4.78 is 2.86. The Morgan fingerprint density at radius 2 is 2.05 bits per heavy atom. The molecule has 1 saturated heterocycles. The second kappa shape index (κ2) is 5.06. The Labute approximate surface area is 131 Å². The Balaban J connectivity index is 1.62. The molecular formula is C14H17BrN6. The van der Waals surface area contributed by atoms with E-state index in [9.17, 15) is 0 Å². The van der Waals surface area contributed by atoms with Gasteiger partial charge in [0.2, 0.25) is 0 Å². The van der Waals surface area contributed by atoms with Gasteiger partial charge in [0.25, 0.3) is 0 Å². The van der Waals surface area contributed by atoms with Crippen molar-refractivity contribution in [3.05, 3.63) is 22.7 Å². The topological polar surface area (TPSA) is 72.9 Å². The van der Waals surface area contributed by atoms with Crippen LogP contribution in [0.25, 0.3) is 11.4 Å². The fraction of sp³-hybridized carbons (Fsp3) is 0.500. The first kappa shape index (κ1) is 13.2. The van der Waals surface area contributed by atoms with E-state index in [0.29, 0.717) is 11.7 Å². The first-order chi connectivity index (χ1) is 10.2. The first-order valence-corrected chi connectivity index (χ1v) is 8.09. The average Bonchev–Trinajstić information content (AvgIpc) is 3.03. The maximum atomic E-state index is 5.97. The fourth-order valence-corrected chi connectivity index (χ4v) is 3.30. The van der Waals surface area contributed by atoms with Crippen LogP contribution in [0.3, 0.4) is 0 Å². The molecule has 1 atom stereocenters. The number of anilines is 1. The highest BCUT2D eigenvalue weighted by molar-refractivity contribution is 9.10. The van der Waals surface area contributed by atoms with Gasteiger partial charge < -0.3 is 5.73 Å². The van der Waals surface area contributed by atoms with Crippen molar-refractivity contribution in [3.8, 4) is 11.4 Å². The van der Waals surface area contributed by atoms with Gasteiger partial charge in [-0.1, -0.05) is 0 Å². The molecule has 0 spiro atoms. The number of hydrogen-bond acceptors (Lipinski definition) is 5. The van der Waals surface area contributed by atoms with Crippen LogP contribution in [0.15, 0.2) is 22.7 Å². The summed E-state index contributed by atoms with van der Waals surface area (Å²) in [7, 11) is 0. The lowest BCUT2D eigenvalue weighted by molar-refractivity contribution is 0.309. The number of benzene rings is 1. The number of nitrogens with two attached hydrogens (primary N) is 1. The Morgan fingerprint density at radius 3 is 2.81 bits per heavy atom. The smallest absolute Gasteiger partial charge is 0.182 e. The van der Waals surface area contributed by atoms with Crippen LogP contribution < -0.4 is 5.73 Å². The fourth-order valence-electron chi connectivity index (χ4n) is 3.05. The second-order valence-corrected chi connectivity index (χ2v) is 6.71. The molecule has 1 aromatic heterocycles. The third-order valence-electron chi connectivity index (χ3n) is 4.35. The van der Waals surface area contributed by atoms with Crippen LogP contribution in [0.1, 0.15) is 25.3 Å². The number of aromatic nitrogens is 4. The third-order valence-corrected chi connectivity index (χ3v) is 5.07. The summed E-state index contributed by atoms with van der Waals surface area (Å²) in [5.74, 6) is 0.803. The van der Waals surface area contributed by atoms with Gasteiger partial charge in [0.15, 0.2) is 5.82 Å². The maximum absolute atomic E-state index is 5.97. The minimum atomic E-state index is 0.362. The highest BCUT2D eigenvalue weighted by atomic mass is 79.9. The summed E-state index contributed by atoms with van der Waals surface area (Å²) in [6.45, 7) is 2.20. The van der Waals surface area contributed by atoms with Gasteiger partial charge in [0, 0.05) is 34.9 Å². The van der Waals surface area contributed by atoms with Crippen molar-refractivity contribution >= 4 is 21.6 Å². The van der Waals surface area contributed by atoms with E-state index in [1.165, 1.54) is 12.8 Å². The highest BCUT2D eigenvalue weighted by Gasteiger charge is 2.36. The summed E-state index contributed by atoms with van der Waals surface area (Å²) in [4.78, 5) is 2.56. The molecule has 2 aromatic rings. The zero-order chi connectivity index (χ0) is 14.4. The molecule has 0 radical (unpaired) electrons. The first-order valence-electron chi connectivity index (χ1n) is 7.29. The number of rotatable bonds is 3. The number of halogens is 1. The number of tetrazole rings is 1. The average molecular weight is 349 g/mol. The van der Waals surface area contributed by atoms with Crippen LogP contribution in [-0.4, -0.2) is 44.2 Å². The lowest BCUT2D eigenvalue weighted by Crippen LogP contribution is -2.24. The molecule has 2 fully saturated rings. The van der Waals surface area contributed by atoms with Gasteiger partial charge in [-0.05, 0) is 63.8 Å². The van der Waals surface area contributed by atoms with Crippen LogP contribution in [0.2, 0.25) is 0 Å². The Bertz CT molecular complexity index is 665. The summed E-state index contributed by atoms with van der Waals surface area (Å²) in [6.07, 6.45) is 3.80. The van der Waals surface area contributed by atoms with Crippen molar-refractivity contribution in [1.29, 1.82) is 0 Å². The van der Waals surface area contributed by atoms with Gasteiger partial charge >= 0.3 is 0 Å². The van der Waals surface area contributed by atoms with Crippen LogP contribution in [0, 0.1) is 0 Å². The van der Waals surface area contributed by atoms with Gasteiger partial charge in [0.05, 0.1) is 6.04 Å². The summed E-state index contributed by atoms with van der Waals surface area (Å²) in [5, 5.41) is 12.3. The standard InChI is InChI=1S/C14H17BrN6/c15-12-4-1-9(7-13(12)16)14-17-18-19-21(14)11-5-6-20(8-11)10-2-3-10/h1,4,7,10-11H,2-3,5-6,8,16H2. The molecule has 1 unspecified atom stereocenters. The molecule has 0 bridgehead atoms. The van der Waals surface area contributed by atoms with E-state index in [1.807, 2.05) is 22.9 Å². The van der Waals surface area contributed by atoms with Gasteiger partial charge in [-0.3, -0.25) is 4.90 Å². The van der Waals surface area contributed by atoms with E-state index in [4.69, 9.17) is 5.73 Å². The van der Waals surface area contributed by atoms with Crippen LogP contribution in [-0.2, 0) is 0 Å². The quantitative estimate of drug-likeness (QED) is 0.859. The zero-order valence-corrected chi connectivity index (χ0v) is 13.2. The van der Waals surface area contributed by atoms with Gasteiger partial charge in [0.1, 0.15) is 0 Å². The Hall–Kier alpha value is -1.47. The van der Waals surface area contributed by atoms with E-state index < -0.39 is 0 Å². The molecule has 2 heterocycles. The third kappa shape index (κ3) is 2.44. The monoisotopic (exact) mass is 348 g/mol. The summed E-state index contributed by atoms with van der Waals surface area (Å²) in [6, 6.07) is 7.02. The van der Waals surface area contributed by atoms with Crippen molar-refractivity contribution in [2.75, 3.05) is 18.8 Å². The normalized spacial score (nSPS) is 22.8. The number of nitrogen functional groups attached to an aromatic ring is 1. The highest BCUT2D eigenvalue weighted by Crippen LogP contribution is 2.34. The molecule has 7 heteroatoms. The van der Waals surface area contributed by atoms with E-state index in [0.717, 1.165) is 41.4 Å². The van der Waals surface area contributed by atoms with Crippen molar-refractivity contribution in [3.63, 3.8) is 0 Å².